The van der Waals surface area contributed by atoms with Crippen molar-refractivity contribution in [2.75, 3.05) is 16.6 Å². The number of carbonyl (C=O) groups is 2. The maximum Gasteiger partial charge on any atom is 0.338 e. The third-order valence-corrected chi connectivity index (χ3v) is 6.87. The predicted molar refractivity (Wildman–Crippen MR) is 122 cm³/mol. The minimum absolute atomic E-state index is 0.0524. The van der Waals surface area contributed by atoms with Gasteiger partial charge in [-0.15, -0.1) is 0 Å². The van der Waals surface area contributed by atoms with E-state index in [1.165, 1.54) is 35.7 Å². The molecule has 0 unspecified atom stereocenters. The highest BCUT2D eigenvalue weighted by Crippen LogP contribution is 2.23. The third kappa shape index (κ3) is 6.12. The highest BCUT2D eigenvalue weighted by Gasteiger charge is 2.20. The van der Waals surface area contributed by atoms with Crippen LogP contribution in [0, 0.1) is 13.8 Å². The summed E-state index contributed by atoms with van der Waals surface area (Å²) < 4.78 is 33.7. The molecule has 2 N–H and O–H groups in total. The Morgan fingerprint density at radius 3 is 2.48 bits per heavy atom. The molecule has 1 heterocycles. The molecule has 3 aromatic rings. The van der Waals surface area contributed by atoms with E-state index >= 15 is 0 Å². The summed E-state index contributed by atoms with van der Waals surface area (Å²) in [6.07, 6.45) is 1.53. The Hall–Kier alpha value is -2.76. The Balaban J connectivity index is 1.69. The van der Waals surface area contributed by atoms with Crippen molar-refractivity contribution in [3.05, 3.63) is 69.1 Å². The monoisotopic (exact) mass is 523 g/mol. The molecule has 0 fully saturated rings. The summed E-state index contributed by atoms with van der Waals surface area (Å²) in [6, 6.07) is 11.0. The molecule has 0 radical (unpaired) electrons. The van der Waals surface area contributed by atoms with E-state index in [0.29, 0.717) is 16.4 Å². The number of sulfonamides is 1. The van der Waals surface area contributed by atoms with Crippen molar-refractivity contribution >= 4 is 60.0 Å². The van der Waals surface area contributed by atoms with Gasteiger partial charge in [0.1, 0.15) is 0 Å². The van der Waals surface area contributed by atoms with Crippen LogP contribution in [0.25, 0.3) is 0 Å². The lowest BCUT2D eigenvalue weighted by Gasteiger charge is -2.11. The number of aromatic nitrogens is 1. The van der Waals surface area contributed by atoms with Crippen molar-refractivity contribution in [1.29, 1.82) is 0 Å². The van der Waals surface area contributed by atoms with E-state index in [4.69, 9.17) is 4.74 Å². The molecule has 0 atom stereocenters. The lowest BCUT2D eigenvalue weighted by Crippen LogP contribution is -2.21. The van der Waals surface area contributed by atoms with Crippen LogP contribution in [0.1, 0.15) is 21.5 Å². The fourth-order valence-corrected chi connectivity index (χ4v) is 4.71. The van der Waals surface area contributed by atoms with Crippen molar-refractivity contribution in [1.82, 2.24) is 4.98 Å². The molecule has 0 saturated carbocycles. The second-order valence-corrected chi connectivity index (χ2v) is 10.6. The quantitative estimate of drug-likeness (QED) is 0.450. The highest BCUT2D eigenvalue weighted by molar-refractivity contribution is 9.11. The molecule has 162 valence electrons. The number of hydrogen-bond acceptors (Lipinski definition) is 7. The molecule has 0 aliphatic carbocycles. The zero-order valence-corrected chi connectivity index (χ0v) is 19.7. The minimum Gasteiger partial charge on any atom is -0.452 e. The number of esters is 1. The first-order valence-electron chi connectivity index (χ1n) is 8.92. The summed E-state index contributed by atoms with van der Waals surface area (Å²) in [4.78, 5) is 28.3. The first-order valence-corrected chi connectivity index (χ1v) is 12.0. The number of hydrogen-bond donors (Lipinski definition) is 2. The Morgan fingerprint density at radius 2 is 1.84 bits per heavy atom. The van der Waals surface area contributed by atoms with Gasteiger partial charge < -0.3 is 4.74 Å². The number of halogens is 1. The SMILES string of the molecule is Cc1ccc(NS(=O)(=O)c2ccc(C)c(C(=O)OCC(=O)Nc3ncc(Br)s3)c2)cc1. The fraction of sp³-hybridized carbons (Fsp3) is 0.150. The summed E-state index contributed by atoms with van der Waals surface area (Å²) in [5, 5.41) is 2.87. The van der Waals surface area contributed by atoms with Crippen LogP contribution in [0.15, 0.2) is 57.3 Å². The van der Waals surface area contributed by atoms with Gasteiger partial charge in [0.25, 0.3) is 15.9 Å². The predicted octanol–water partition coefficient (Wildman–Crippen LogP) is 4.12. The number of aryl methyl sites for hydroxylation is 2. The molecule has 0 bridgehead atoms. The van der Waals surface area contributed by atoms with Crippen LogP contribution >= 0.6 is 27.3 Å². The van der Waals surface area contributed by atoms with Crippen LogP contribution in [0.4, 0.5) is 10.8 Å². The van der Waals surface area contributed by atoms with Gasteiger partial charge in [-0.2, -0.15) is 0 Å². The number of nitrogens with one attached hydrogen (secondary N) is 2. The van der Waals surface area contributed by atoms with Crippen molar-refractivity contribution < 1.29 is 22.7 Å². The summed E-state index contributed by atoms with van der Waals surface area (Å²) >= 11 is 4.45. The molecule has 11 heteroatoms. The van der Waals surface area contributed by atoms with Crippen LogP contribution in [0.3, 0.4) is 0 Å². The number of benzene rings is 2. The van der Waals surface area contributed by atoms with Crippen LogP contribution in [0.2, 0.25) is 0 Å². The van der Waals surface area contributed by atoms with Gasteiger partial charge in [-0.05, 0) is 59.6 Å². The molecular formula is C20H18BrN3O5S2. The van der Waals surface area contributed by atoms with E-state index in [2.05, 4.69) is 31.0 Å². The molecule has 3 rings (SSSR count). The maximum absolute atomic E-state index is 12.7. The van der Waals surface area contributed by atoms with Crippen LogP contribution < -0.4 is 10.0 Å². The smallest absolute Gasteiger partial charge is 0.338 e. The summed E-state index contributed by atoms with van der Waals surface area (Å²) in [5.41, 5.74) is 1.97. The Labute approximate surface area is 191 Å². The van der Waals surface area contributed by atoms with Gasteiger partial charge in [-0.1, -0.05) is 35.1 Å². The van der Waals surface area contributed by atoms with E-state index in [1.54, 1.807) is 31.2 Å². The van der Waals surface area contributed by atoms with Gasteiger partial charge in [0.05, 0.1) is 20.4 Å². The summed E-state index contributed by atoms with van der Waals surface area (Å²) in [5.74, 6) is -1.36. The zero-order chi connectivity index (χ0) is 22.6. The fourth-order valence-electron chi connectivity index (χ4n) is 2.50. The van der Waals surface area contributed by atoms with Gasteiger partial charge >= 0.3 is 5.97 Å². The molecule has 1 amide bonds. The van der Waals surface area contributed by atoms with E-state index in [9.17, 15) is 18.0 Å². The second kappa shape index (κ2) is 9.58. The molecule has 31 heavy (non-hydrogen) atoms. The van der Waals surface area contributed by atoms with Gasteiger partial charge in [-0.3, -0.25) is 14.8 Å². The van der Waals surface area contributed by atoms with Crippen LogP contribution in [0.5, 0.6) is 0 Å². The second-order valence-electron chi connectivity index (χ2n) is 6.54. The third-order valence-electron chi connectivity index (χ3n) is 4.10. The average molecular weight is 524 g/mol. The number of amides is 1. The van der Waals surface area contributed by atoms with Crippen LogP contribution in [-0.4, -0.2) is 31.9 Å². The van der Waals surface area contributed by atoms with E-state index < -0.39 is 28.5 Å². The Bertz CT molecular complexity index is 1220. The van der Waals surface area contributed by atoms with Gasteiger partial charge in [-0.25, -0.2) is 18.2 Å². The van der Waals surface area contributed by atoms with Crippen molar-refractivity contribution in [2.24, 2.45) is 0 Å². The molecule has 8 nitrogen and oxygen atoms in total. The van der Waals surface area contributed by atoms with Gasteiger partial charge in [0.15, 0.2) is 11.7 Å². The first-order chi connectivity index (χ1) is 14.6. The molecule has 1 aromatic heterocycles. The average Bonchev–Trinajstić information content (AvgIpc) is 3.12. The maximum atomic E-state index is 12.7. The van der Waals surface area contributed by atoms with Gasteiger partial charge in [0, 0.05) is 5.69 Å². The standard InChI is InChI=1S/C20H18BrN3O5S2/c1-12-3-6-14(7-4-12)24-31(27,28)15-8-5-13(2)16(9-15)19(26)29-11-18(25)23-20-22-10-17(21)30-20/h3-10,24H,11H2,1-2H3,(H,22,23,25). The summed E-state index contributed by atoms with van der Waals surface area (Å²) in [7, 11) is -3.92. The van der Waals surface area contributed by atoms with Crippen molar-refractivity contribution in [2.45, 2.75) is 18.7 Å². The van der Waals surface area contributed by atoms with Crippen molar-refractivity contribution in [3.63, 3.8) is 0 Å². The number of carbonyl (C=O) groups excluding carboxylic acids is 2. The Morgan fingerprint density at radius 1 is 1.13 bits per heavy atom. The minimum atomic E-state index is -3.92. The molecule has 0 saturated heterocycles. The number of rotatable bonds is 7. The molecule has 2 aromatic carbocycles. The topological polar surface area (TPSA) is 114 Å². The normalized spacial score (nSPS) is 11.1. The van der Waals surface area contributed by atoms with E-state index in [0.717, 1.165) is 9.35 Å². The number of thiazole rings is 1. The first kappa shape index (κ1) is 22.9. The molecular weight excluding hydrogens is 506 g/mol. The zero-order valence-electron chi connectivity index (χ0n) is 16.5. The van der Waals surface area contributed by atoms with Crippen molar-refractivity contribution in [3.8, 4) is 0 Å². The lowest BCUT2D eigenvalue weighted by atomic mass is 10.1. The Kier molecular flexibility index (Phi) is 7.08. The number of ether oxygens (including phenoxy) is 1. The van der Waals surface area contributed by atoms with E-state index in [1.807, 2.05) is 6.92 Å². The molecule has 0 aliphatic heterocycles. The van der Waals surface area contributed by atoms with Crippen LogP contribution in [-0.2, 0) is 19.6 Å². The summed E-state index contributed by atoms with van der Waals surface area (Å²) in [6.45, 7) is 3.01. The number of anilines is 2. The largest absolute Gasteiger partial charge is 0.452 e. The van der Waals surface area contributed by atoms with Gasteiger partial charge in [0.2, 0.25) is 0 Å². The number of nitrogens with zero attached hydrogens (tertiary/aromatic N) is 1. The molecule has 0 aliphatic rings. The lowest BCUT2D eigenvalue weighted by molar-refractivity contribution is -0.119. The highest BCUT2D eigenvalue weighted by atomic mass is 79.9. The molecule has 0 spiro atoms. The van der Waals surface area contributed by atoms with E-state index in [-0.39, 0.29) is 10.5 Å².